The van der Waals surface area contributed by atoms with Gasteiger partial charge in [-0.05, 0) is 30.1 Å². The molecule has 0 unspecified atom stereocenters. The minimum atomic E-state index is -4.47. The summed E-state index contributed by atoms with van der Waals surface area (Å²) in [5.41, 5.74) is 4.09. The first kappa shape index (κ1) is 18.1. The highest BCUT2D eigenvalue weighted by Gasteiger charge is 2.36. The molecule has 0 bridgehead atoms. The van der Waals surface area contributed by atoms with Crippen molar-refractivity contribution in [2.45, 2.75) is 13.1 Å². The van der Waals surface area contributed by atoms with Crippen molar-refractivity contribution in [2.24, 2.45) is 7.05 Å². The van der Waals surface area contributed by atoms with Crippen LogP contribution in [0.15, 0.2) is 67.0 Å². The summed E-state index contributed by atoms with van der Waals surface area (Å²) in [5, 5.41) is 3.81. The van der Waals surface area contributed by atoms with Gasteiger partial charge in [-0.15, -0.1) is 0 Å². The SMILES string of the molecule is Cc1c(-c2c3cccc(C(F)(F)F)c3nc[n+]2C)c2cccc3c4ccccc4n1c23. The van der Waals surface area contributed by atoms with Crippen LogP contribution in [0.1, 0.15) is 11.3 Å². The average molecular weight is 416 g/mol. The van der Waals surface area contributed by atoms with E-state index in [0.29, 0.717) is 5.39 Å². The molecule has 0 atom stereocenters. The van der Waals surface area contributed by atoms with Gasteiger partial charge in [-0.1, -0.05) is 42.5 Å². The highest BCUT2D eigenvalue weighted by molar-refractivity contribution is 6.19. The molecule has 152 valence electrons. The van der Waals surface area contributed by atoms with E-state index in [0.717, 1.165) is 44.8 Å². The Bertz CT molecular complexity index is 1640. The average Bonchev–Trinajstić information content (AvgIpc) is 3.24. The molecular weight excluding hydrogens is 399 g/mol. The summed E-state index contributed by atoms with van der Waals surface area (Å²) in [7, 11) is 1.83. The molecule has 0 fully saturated rings. The van der Waals surface area contributed by atoms with E-state index in [1.807, 2.05) is 42.8 Å². The van der Waals surface area contributed by atoms with E-state index >= 15 is 0 Å². The van der Waals surface area contributed by atoms with Gasteiger partial charge in [-0.3, -0.25) is 0 Å². The van der Waals surface area contributed by atoms with Gasteiger partial charge in [0, 0.05) is 21.9 Å². The van der Waals surface area contributed by atoms with E-state index in [9.17, 15) is 13.2 Å². The van der Waals surface area contributed by atoms with Crippen molar-refractivity contribution in [1.82, 2.24) is 9.38 Å². The molecular formula is C25H17F3N3+. The normalized spacial score (nSPS) is 12.7. The van der Waals surface area contributed by atoms with Crippen LogP contribution in [0.5, 0.6) is 0 Å². The molecule has 6 heteroatoms. The van der Waals surface area contributed by atoms with E-state index in [-0.39, 0.29) is 5.52 Å². The highest BCUT2D eigenvalue weighted by atomic mass is 19.4. The number of aromatic nitrogens is 3. The van der Waals surface area contributed by atoms with E-state index < -0.39 is 11.7 Å². The van der Waals surface area contributed by atoms with E-state index in [2.05, 4.69) is 27.6 Å². The number of benzene rings is 3. The summed E-state index contributed by atoms with van der Waals surface area (Å²) >= 11 is 0. The molecule has 0 aliphatic heterocycles. The maximum atomic E-state index is 13.7. The van der Waals surface area contributed by atoms with Crippen LogP contribution in [0, 0.1) is 6.92 Å². The highest BCUT2D eigenvalue weighted by Crippen LogP contribution is 2.43. The van der Waals surface area contributed by atoms with E-state index in [1.54, 1.807) is 6.07 Å². The van der Waals surface area contributed by atoms with Gasteiger partial charge in [0.2, 0.25) is 0 Å². The largest absolute Gasteiger partial charge is 0.420 e. The zero-order valence-electron chi connectivity index (χ0n) is 16.8. The summed E-state index contributed by atoms with van der Waals surface area (Å²) in [5.74, 6) is 0. The maximum absolute atomic E-state index is 13.7. The number of hydrogen-bond acceptors (Lipinski definition) is 1. The van der Waals surface area contributed by atoms with Gasteiger partial charge in [-0.25, -0.2) is 4.57 Å². The molecule has 6 rings (SSSR count). The van der Waals surface area contributed by atoms with Crippen molar-refractivity contribution in [3.63, 3.8) is 0 Å². The van der Waals surface area contributed by atoms with Gasteiger partial charge in [0.15, 0.2) is 5.52 Å². The second-order valence-corrected chi connectivity index (χ2v) is 7.92. The Morgan fingerprint density at radius 2 is 1.52 bits per heavy atom. The summed E-state index contributed by atoms with van der Waals surface area (Å²) in [6.45, 7) is 2.03. The lowest BCUT2D eigenvalue weighted by molar-refractivity contribution is -0.662. The molecule has 0 saturated heterocycles. The fraction of sp³-hybridized carbons (Fsp3) is 0.120. The molecule has 3 aromatic carbocycles. The summed E-state index contributed by atoms with van der Waals surface area (Å²) in [4.78, 5) is 4.15. The lowest BCUT2D eigenvalue weighted by Crippen LogP contribution is -2.32. The number of alkyl halides is 3. The van der Waals surface area contributed by atoms with Gasteiger partial charge >= 0.3 is 6.18 Å². The molecule has 31 heavy (non-hydrogen) atoms. The van der Waals surface area contributed by atoms with Crippen molar-refractivity contribution in [2.75, 3.05) is 0 Å². The first-order chi connectivity index (χ1) is 14.9. The van der Waals surface area contributed by atoms with Gasteiger partial charge < -0.3 is 4.40 Å². The van der Waals surface area contributed by atoms with Crippen LogP contribution < -0.4 is 4.57 Å². The predicted molar refractivity (Wildman–Crippen MR) is 115 cm³/mol. The number of hydrogen-bond donors (Lipinski definition) is 0. The summed E-state index contributed by atoms with van der Waals surface area (Å²) < 4.78 is 45.0. The zero-order chi connectivity index (χ0) is 21.5. The Hall–Kier alpha value is -3.67. The monoisotopic (exact) mass is 416 g/mol. The number of para-hydroxylation sites is 3. The molecule has 0 N–H and O–H groups in total. The summed E-state index contributed by atoms with van der Waals surface area (Å²) in [6, 6.07) is 18.6. The summed E-state index contributed by atoms with van der Waals surface area (Å²) in [6.07, 6.45) is -3.00. The van der Waals surface area contributed by atoms with Gasteiger partial charge in [0.25, 0.3) is 6.33 Å². The minimum Gasteiger partial charge on any atom is -0.312 e. The van der Waals surface area contributed by atoms with Crippen LogP contribution in [0.3, 0.4) is 0 Å². The van der Waals surface area contributed by atoms with Crippen molar-refractivity contribution in [1.29, 1.82) is 0 Å². The Labute approximate surface area is 175 Å². The van der Waals surface area contributed by atoms with Crippen molar-refractivity contribution in [3.05, 3.63) is 78.2 Å². The number of halogens is 3. The molecule has 0 spiro atoms. The molecule has 3 nitrogen and oxygen atoms in total. The Balaban J connectivity index is 1.82. The lowest BCUT2D eigenvalue weighted by Gasteiger charge is -2.11. The first-order valence-corrected chi connectivity index (χ1v) is 9.96. The lowest BCUT2D eigenvalue weighted by atomic mass is 9.99. The molecule has 0 aliphatic carbocycles. The van der Waals surface area contributed by atoms with Crippen LogP contribution in [0.25, 0.3) is 49.4 Å². The van der Waals surface area contributed by atoms with Gasteiger partial charge in [0.05, 0.1) is 29.0 Å². The van der Waals surface area contributed by atoms with E-state index in [1.165, 1.54) is 17.8 Å². The standard InChI is InChI=1S/C25H17F3N3/c1-14-21(17-9-5-8-16-15-7-3-4-12-20(15)31(14)23(16)17)24-18-10-6-11-19(25(26,27)28)22(18)29-13-30(24)2/h3-13H,1-2H3/q+1. The maximum Gasteiger partial charge on any atom is 0.420 e. The quantitative estimate of drug-likeness (QED) is 0.299. The molecule has 0 radical (unpaired) electrons. The fourth-order valence-electron chi connectivity index (χ4n) is 4.98. The van der Waals surface area contributed by atoms with Gasteiger partial charge in [0.1, 0.15) is 11.3 Å². The van der Waals surface area contributed by atoms with Crippen LogP contribution in [-0.4, -0.2) is 9.38 Å². The first-order valence-electron chi connectivity index (χ1n) is 9.96. The second-order valence-electron chi connectivity index (χ2n) is 7.92. The number of aryl methyl sites for hydroxylation is 2. The number of rotatable bonds is 1. The van der Waals surface area contributed by atoms with Crippen molar-refractivity contribution < 1.29 is 17.7 Å². The molecule has 3 aromatic heterocycles. The smallest absolute Gasteiger partial charge is 0.312 e. The molecule has 0 amide bonds. The number of fused-ring (bicyclic) bond motifs is 4. The van der Waals surface area contributed by atoms with Crippen LogP contribution >= 0.6 is 0 Å². The van der Waals surface area contributed by atoms with Crippen molar-refractivity contribution in [3.8, 4) is 11.3 Å². The van der Waals surface area contributed by atoms with Crippen LogP contribution in [0.2, 0.25) is 0 Å². The number of nitrogens with zero attached hydrogens (tertiary/aromatic N) is 3. The second kappa shape index (κ2) is 5.94. The Morgan fingerprint density at radius 3 is 2.32 bits per heavy atom. The molecule has 6 aromatic rings. The van der Waals surface area contributed by atoms with E-state index in [4.69, 9.17) is 0 Å². The predicted octanol–water partition coefficient (Wildman–Crippen LogP) is 6.05. The van der Waals surface area contributed by atoms with Gasteiger partial charge in [-0.2, -0.15) is 13.2 Å². The van der Waals surface area contributed by atoms with Crippen LogP contribution in [0.4, 0.5) is 13.2 Å². The minimum absolute atomic E-state index is 0.0305. The Morgan fingerprint density at radius 1 is 0.839 bits per heavy atom. The molecule has 3 heterocycles. The fourth-order valence-corrected chi connectivity index (χ4v) is 4.98. The topological polar surface area (TPSA) is 21.2 Å². The third-order valence-corrected chi connectivity index (χ3v) is 6.21. The Kier molecular flexibility index (Phi) is 3.47. The third-order valence-electron chi connectivity index (χ3n) is 6.21. The zero-order valence-corrected chi connectivity index (χ0v) is 16.8. The molecule has 0 aliphatic rings. The van der Waals surface area contributed by atoms with Crippen molar-refractivity contribution >= 4 is 38.1 Å². The van der Waals surface area contributed by atoms with Crippen LogP contribution in [-0.2, 0) is 13.2 Å². The third kappa shape index (κ3) is 2.30. The molecule has 0 saturated carbocycles.